The van der Waals surface area contributed by atoms with Crippen LogP contribution in [0.15, 0.2) is 12.2 Å². The molecule has 2 N–H and O–H groups in total. The number of carbonyl (C=O) groups excluding carboxylic acids is 1. The Labute approximate surface area is 104 Å². The van der Waals surface area contributed by atoms with Gasteiger partial charge in [0.2, 0.25) is 0 Å². The molecule has 0 heterocycles. The fourth-order valence-corrected chi connectivity index (χ4v) is 2.35. The molecule has 0 spiro atoms. The first kappa shape index (κ1) is 14.4. The average molecular weight is 240 g/mol. The third kappa shape index (κ3) is 4.60. The van der Waals surface area contributed by atoms with E-state index < -0.39 is 6.10 Å². The van der Waals surface area contributed by atoms with Crippen molar-refractivity contribution in [3.05, 3.63) is 12.2 Å². The Hall–Kier alpha value is -0.670. The number of rotatable bonds is 7. The van der Waals surface area contributed by atoms with Crippen molar-refractivity contribution < 1.29 is 15.0 Å². The molecular formula is C14H24O3. The fourth-order valence-electron chi connectivity index (χ4n) is 2.35. The summed E-state index contributed by atoms with van der Waals surface area (Å²) in [6.07, 6.45) is 9.12. The van der Waals surface area contributed by atoms with E-state index in [1.807, 2.05) is 13.0 Å². The van der Waals surface area contributed by atoms with E-state index >= 15 is 0 Å². The van der Waals surface area contributed by atoms with Gasteiger partial charge in [-0.05, 0) is 19.3 Å². The van der Waals surface area contributed by atoms with Gasteiger partial charge < -0.3 is 10.2 Å². The summed E-state index contributed by atoms with van der Waals surface area (Å²) in [5, 5.41) is 18.3. The third-order valence-corrected chi connectivity index (χ3v) is 3.58. The molecule has 0 aromatic carbocycles. The second-order valence-corrected chi connectivity index (χ2v) is 4.96. The van der Waals surface area contributed by atoms with Crippen molar-refractivity contribution in [1.29, 1.82) is 0 Å². The zero-order chi connectivity index (χ0) is 12.7. The molecule has 0 aromatic heterocycles. The Morgan fingerprint density at radius 1 is 1.29 bits per heavy atom. The molecule has 0 aromatic rings. The molecule has 0 amide bonds. The lowest BCUT2D eigenvalue weighted by Crippen LogP contribution is -2.15. The van der Waals surface area contributed by atoms with Gasteiger partial charge in [0.05, 0.1) is 6.10 Å². The first-order valence-corrected chi connectivity index (χ1v) is 6.65. The molecule has 0 radical (unpaired) electrons. The maximum absolute atomic E-state index is 11.4. The van der Waals surface area contributed by atoms with Crippen LogP contribution in [-0.4, -0.2) is 28.7 Å². The van der Waals surface area contributed by atoms with Crippen LogP contribution in [0, 0.1) is 11.8 Å². The number of unbranched alkanes of at least 4 members (excludes halogenated alkanes) is 4. The van der Waals surface area contributed by atoms with E-state index in [2.05, 4.69) is 6.08 Å². The van der Waals surface area contributed by atoms with Gasteiger partial charge in [-0.25, -0.2) is 0 Å². The minimum absolute atomic E-state index is 0.0138. The SMILES string of the molecule is C[C@H]1C(=O)C[C@H](O)[C@@H]1/C=C/CCCCCCO. The zero-order valence-corrected chi connectivity index (χ0v) is 10.6. The molecule has 0 unspecified atom stereocenters. The van der Waals surface area contributed by atoms with Gasteiger partial charge in [0, 0.05) is 24.9 Å². The van der Waals surface area contributed by atoms with E-state index in [4.69, 9.17) is 5.11 Å². The predicted octanol–water partition coefficient (Wildman–Crippen LogP) is 2.07. The molecule has 17 heavy (non-hydrogen) atoms. The number of Topliss-reactive ketones (excluding diaryl/α,β-unsaturated/α-hetero) is 1. The molecule has 3 atom stereocenters. The normalized spacial score (nSPS) is 29.4. The van der Waals surface area contributed by atoms with E-state index in [-0.39, 0.29) is 24.2 Å². The third-order valence-electron chi connectivity index (χ3n) is 3.58. The van der Waals surface area contributed by atoms with Gasteiger partial charge in [-0.1, -0.05) is 31.9 Å². The number of allylic oxidation sites excluding steroid dienone is 1. The summed E-state index contributed by atoms with van der Waals surface area (Å²) >= 11 is 0. The molecule has 1 aliphatic rings. The van der Waals surface area contributed by atoms with Crippen molar-refractivity contribution in [2.45, 2.75) is 51.6 Å². The summed E-state index contributed by atoms with van der Waals surface area (Å²) in [4.78, 5) is 11.4. The molecule has 1 aliphatic carbocycles. The highest BCUT2D eigenvalue weighted by atomic mass is 16.3. The van der Waals surface area contributed by atoms with Gasteiger partial charge in [-0.3, -0.25) is 4.79 Å². The number of hydrogen-bond donors (Lipinski definition) is 2. The molecule has 0 saturated heterocycles. The Morgan fingerprint density at radius 2 is 2.00 bits per heavy atom. The lowest BCUT2D eigenvalue weighted by atomic mass is 9.95. The van der Waals surface area contributed by atoms with Gasteiger partial charge in [0.1, 0.15) is 5.78 Å². The molecule has 1 saturated carbocycles. The lowest BCUT2D eigenvalue weighted by molar-refractivity contribution is -0.120. The number of aliphatic hydroxyl groups excluding tert-OH is 2. The number of hydrogen-bond acceptors (Lipinski definition) is 3. The van der Waals surface area contributed by atoms with Crippen LogP contribution in [0.1, 0.15) is 45.4 Å². The maximum atomic E-state index is 11.4. The van der Waals surface area contributed by atoms with Crippen LogP contribution < -0.4 is 0 Å². The molecular weight excluding hydrogens is 216 g/mol. The smallest absolute Gasteiger partial charge is 0.138 e. The summed E-state index contributed by atoms with van der Waals surface area (Å²) in [5.74, 6) is 0.158. The highest BCUT2D eigenvalue weighted by Gasteiger charge is 2.36. The lowest BCUT2D eigenvalue weighted by Gasteiger charge is -2.12. The van der Waals surface area contributed by atoms with Crippen molar-refractivity contribution in [2.24, 2.45) is 11.8 Å². The van der Waals surface area contributed by atoms with Crippen LogP contribution in [-0.2, 0) is 4.79 Å². The van der Waals surface area contributed by atoms with Crippen molar-refractivity contribution in [2.75, 3.05) is 6.61 Å². The van der Waals surface area contributed by atoms with Crippen molar-refractivity contribution in [3.8, 4) is 0 Å². The van der Waals surface area contributed by atoms with E-state index in [9.17, 15) is 9.90 Å². The van der Waals surface area contributed by atoms with Crippen LogP contribution in [0.4, 0.5) is 0 Å². The summed E-state index contributed by atoms with van der Waals surface area (Å²) < 4.78 is 0. The van der Waals surface area contributed by atoms with E-state index in [0.29, 0.717) is 6.42 Å². The van der Waals surface area contributed by atoms with Crippen LogP contribution >= 0.6 is 0 Å². The summed E-state index contributed by atoms with van der Waals surface area (Å²) in [5.41, 5.74) is 0. The molecule has 3 heteroatoms. The first-order valence-electron chi connectivity index (χ1n) is 6.65. The van der Waals surface area contributed by atoms with Gasteiger partial charge in [0.15, 0.2) is 0 Å². The first-order chi connectivity index (χ1) is 8.16. The predicted molar refractivity (Wildman–Crippen MR) is 67.6 cm³/mol. The minimum atomic E-state index is -0.483. The Balaban J connectivity index is 2.18. The van der Waals surface area contributed by atoms with Crippen LogP contribution in [0.25, 0.3) is 0 Å². The number of ketones is 1. The van der Waals surface area contributed by atoms with Crippen molar-refractivity contribution >= 4 is 5.78 Å². The van der Waals surface area contributed by atoms with Crippen LogP contribution in [0.5, 0.6) is 0 Å². The van der Waals surface area contributed by atoms with Gasteiger partial charge >= 0.3 is 0 Å². The maximum Gasteiger partial charge on any atom is 0.138 e. The average Bonchev–Trinajstić information content (AvgIpc) is 2.54. The zero-order valence-electron chi connectivity index (χ0n) is 10.6. The van der Waals surface area contributed by atoms with Crippen LogP contribution in [0.2, 0.25) is 0 Å². The highest BCUT2D eigenvalue weighted by Crippen LogP contribution is 2.30. The quantitative estimate of drug-likeness (QED) is 0.529. The largest absolute Gasteiger partial charge is 0.396 e. The topological polar surface area (TPSA) is 57.5 Å². The second-order valence-electron chi connectivity index (χ2n) is 4.96. The van der Waals surface area contributed by atoms with E-state index in [0.717, 1.165) is 32.1 Å². The van der Waals surface area contributed by atoms with Crippen molar-refractivity contribution in [3.63, 3.8) is 0 Å². The molecule has 98 valence electrons. The second kappa shape index (κ2) is 7.62. The number of carbonyl (C=O) groups is 1. The minimum Gasteiger partial charge on any atom is -0.396 e. The fraction of sp³-hybridized carbons (Fsp3) is 0.786. The van der Waals surface area contributed by atoms with E-state index in [1.165, 1.54) is 0 Å². The summed E-state index contributed by atoms with van der Waals surface area (Å²) in [6.45, 7) is 2.18. The summed E-state index contributed by atoms with van der Waals surface area (Å²) in [7, 11) is 0. The summed E-state index contributed by atoms with van der Waals surface area (Å²) in [6, 6.07) is 0. The molecule has 0 aliphatic heterocycles. The Kier molecular flexibility index (Phi) is 6.45. The number of aliphatic hydroxyl groups is 2. The van der Waals surface area contributed by atoms with Gasteiger partial charge in [-0.2, -0.15) is 0 Å². The monoisotopic (exact) mass is 240 g/mol. The molecule has 3 nitrogen and oxygen atoms in total. The van der Waals surface area contributed by atoms with Gasteiger partial charge in [-0.15, -0.1) is 0 Å². The standard InChI is InChI=1S/C14H24O3/c1-11-12(14(17)10-13(11)16)8-6-4-2-3-5-7-9-15/h6,8,11-12,14-15,17H,2-5,7,9-10H2,1H3/b8-6+/t11-,12-,14+/m1/s1. The Morgan fingerprint density at radius 3 is 2.59 bits per heavy atom. The molecule has 1 rings (SSSR count). The van der Waals surface area contributed by atoms with E-state index in [1.54, 1.807) is 0 Å². The van der Waals surface area contributed by atoms with Crippen LogP contribution in [0.3, 0.4) is 0 Å². The highest BCUT2D eigenvalue weighted by molar-refractivity contribution is 5.84. The molecule has 1 fully saturated rings. The Bertz CT molecular complexity index is 260. The van der Waals surface area contributed by atoms with Crippen molar-refractivity contribution in [1.82, 2.24) is 0 Å². The van der Waals surface area contributed by atoms with Gasteiger partial charge in [0.25, 0.3) is 0 Å². The molecule has 0 bridgehead atoms.